The first-order valence-corrected chi connectivity index (χ1v) is 3.81. The first-order chi connectivity index (χ1) is 4.04. The Kier molecular flexibility index (Phi) is 3.86. The molecule has 2 nitrogen and oxygen atoms in total. The van der Waals surface area contributed by atoms with E-state index in [1.165, 1.54) is 0 Å². The zero-order chi connectivity index (χ0) is 7.44. The standard InChI is InChI=1S/C6H11BrO2/c1-4(2)5(7)3-6(8)9/h4-5H,3H2,1-2H3,(H,8,9). The smallest absolute Gasteiger partial charge is 0.304 e. The molecule has 0 aliphatic carbocycles. The molecule has 0 aromatic heterocycles. The van der Waals surface area contributed by atoms with Crippen molar-refractivity contribution in [2.75, 3.05) is 0 Å². The molecule has 0 aromatic carbocycles. The van der Waals surface area contributed by atoms with Gasteiger partial charge in [-0.1, -0.05) is 29.8 Å². The fraction of sp³-hybridized carbons (Fsp3) is 0.833. The minimum atomic E-state index is -0.745. The van der Waals surface area contributed by atoms with Crippen LogP contribution in [0.4, 0.5) is 0 Å². The van der Waals surface area contributed by atoms with Crippen LogP contribution in [-0.2, 0) is 4.79 Å². The zero-order valence-corrected chi connectivity index (χ0v) is 7.18. The van der Waals surface area contributed by atoms with Gasteiger partial charge in [-0.3, -0.25) is 4.79 Å². The normalized spacial score (nSPS) is 13.8. The van der Waals surface area contributed by atoms with Crippen LogP contribution in [0.1, 0.15) is 20.3 Å². The Morgan fingerprint density at radius 3 is 2.22 bits per heavy atom. The van der Waals surface area contributed by atoms with Crippen LogP contribution in [0.5, 0.6) is 0 Å². The molecule has 0 saturated carbocycles. The van der Waals surface area contributed by atoms with Crippen molar-refractivity contribution in [1.29, 1.82) is 0 Å². The Hall–Kier alpha value is -0.0500. The van der Waals surface area contributed by atoms with Crippen LogP contribution in [0.3, 0.4) is 0 Å². The van der Waals surface area contributed by atoms with Crippen molar-refractivity contribution in [3.8, 4) is 0 Å². The Morgan fingerprint density at radius 1 is 1.67 bits per heavy atom. The quantitative estimate of drug-likeness (QED) is 0.698. The number of halogens is 1. The average molecular weight is 195 g/mol. The van der Waals surface area contributed by atoms with E-state index in [-0.39, 0.29) is 11.2 Å². The third kappa shape index (κ3) is 4.45. The van der Waals surface area contributed by atoms with E-state index in [9.17, 15) is 4.79 Å². The molecule has 1 N–H and O–H groups in total. The molecule has 0 spiro atoms. The van der Waals surface area contributed by atoms with E-state index in [0.29, 0.717) is 5.92 Å². The predicted molar refractivity (Wildman–Crippen MR) is 39.8 cm³/mol. The third-order valence-electron chi connectivity index (χ3n) is 1.09. The topological polar surface area (TPSA) is 37.3 Å². The molecule has 9 heavy (non-hydrogen) atoms. The Bertz CT molecular complexity index is 101. The van der Waals surface area contributed by atoms with Crippen LogP contribution in [-0.4, -0.2) is 15.9 Å². The number of carboxylic acid groups (broad SMARTS) is 1. The van der Waals surface area contributed by atoms with E-state index in [1.54, 1.807) is 0 Å². The molecule has 1 atom stereocenters. The van der Waals surface area contributed by atoms with Gasteiger partial charge in [0.15, 0.2) is 0 Å². The fourth-order valence-corrected chi connectivity index (χ4v) is 0.679. The molecule has 1 unspecified atom stereocenters. The monoisotopic (exact) mass is 194 g/mol. The van der Waals surface area contributed by atoms with Crippen molar-refractivity contribution in [2.45, 2.75) is 25.1 Å². The summed E-state index contributed by atoms with van der Waals surface area (Å²) in [5, 5.41) is 8.30. The van der Waals surface area contributed by atoms with Gasteiger partial charge >= 0.3 is 5.97 Å². The summed E-state index contributed by atoms with van der Waals surface area (Å²) in [6, 6.07) is 0. The lowest BCUT2D eigenvalue weighted by atomic mass is 10.1. The molecule has 0 amide bonds. The lowest BCUT2D eigenvalue weighted by molar-refractivity contribution is -0.137. The highest BCUT2D eigenvalue weighted by Crippen LogP contribution is 2.14. The molecular weight excluding hydrogens is 184 g/mol. The molecule has 3 heteroatoms. The molecule has 54 valence electrons. The molecule has 0 aliphatic rings. The lowest BCUT2D eigenvalue weighted by Crippen LogP contribution is -2.12. The van der Waals surface area contributed by atoms with Gasteiger partial charge in [-0.05, 0) is 5.92 Å². The molecule has 0 saturated heterocycles. The van der Waals surface area contributed by atoms with Gasteiger partial charge in [0.1, 0.15) is 0 Å². The molecule has 0 fully saturated rings. The second-order valence-corrected chi connectivity index (χ2v) is 3.53. The van der Waals surface area contributed by atoms with E-state index >= 15 is 0 Å². The molecule has 0 heterocycles. The minimum Gasteiger partial charge on any atom is -0.481 e. The minimum absolute atomic E-state index is 0.106. The van der Waals surface area contributed by atoms with Crippen molar-refractivity contribution in [3.05, 3.63) is 0 Å². The Morgan fingerprint density at radius 2 is 2.11 bits per heavy atom. The molecule has 0 bridgehead atoms. The van der Waals surface area contributed by atoms with Crippen molar-refractivity contribution >= 4 is 21.9 Å². The maximum Gasteiger partial charge on any atom is 0.304 e. The summed E-state index contributed by atoms with van der Waals surface area (Å²) >= 11 is 3.26. The lowest BCUT2D eigenvalue weighted by Gasteiger charge is -2.09. The summed E-state index contributed by atoms with van der Waals surface area (Å²) in [5.41, 5.74) is 0. The summed E-state index contributed by atoms with van der Waals surface area (Å²) in [6.07, 6.45) is 0.206. The number of aliphatic carboxylic acids is 1. The fourth-order valence-electron chi connectivity index (χ4n) is 0.403. The molecule has 0 aromatic rings. The summed E-state index contributed by atoms with van der Waals surface area (Å²) in [6.45, 7) is 3.98. The van der Waals surface area contributed by atoms with E-state index in [0.717, 1.165) is 0 Å². The van der Waals surface area contributed by atoms with E-state index in [4.69, 9.17) is 5.11 Å². The maximum absolute atomic E-state index is 10.1. The Balaban J connectivity index is 3.50. The Labute approximate surface area is 63.4 Å². The van der Waals surface area contributed by atoms with Crippen LogP contribution < -0.4 is 0 Å². The van der Waals surface area contributed by atoms with Crippen LogP contribution in [0, 0.1) is 5.92 Å². The largest absolute Gasteiger partial charge is 0.481 e. The van der Waals surface area contributed by atoms with Crippen molar-refractivity contribution in [3.63, 3.8) is 0 Å². The highest BCUT2D eigenvalue weighted by atomic mass is 79.9. The van der Waals surface area contributed by atoms with Gasteiger partial charge in [0.25, 0.3) is 0 Å². The highest BCUT2D eigenvalue weighted by Gasteiger charge is 2.12. The predicted octanol–water partition coefficient (Wildman–Crippen LogP) is 1.88. The van der Waals surface area contributed by atoms with Gasteiger partial charge < -0.3 is 5.11 Å². The summed E-state index contributed by atoms with van der Waals surface area (Å²) < 4.78 is 0. The summed E-state index contributed by atoms with van der Waals surface area (Å²) in [7, 11) is 0. The SMILES string of the molecule is CC(C)C(Br)CC(=O)O. The van der Waals surface area contributed by atoms with Crippen molar-refractivity contribution < 1.29 is 9.90 Å². The molecule has 0 radical (unpaired) electrons. The number of hydrogen-bond acceptors (Lipinski definition) is 1. The first-order valence-electron chi connectivity index (χ1n) is 2.90. The van der Waals surface area contributed by atoms with E-state index < -0.39 is 5.97 Å². The van der Waals surface area contributed by atoms with Gasteiger partial charge in [0, 0.05) is 4.83 Å². The number of carbonyl (C=O) groups is 1. The van der Waals surface area contributed by atoms with Gasteiger partial charge in [0.2, 0.25) is 0 Å². The van der Waals surface area contributed by atoms with Crippen molar-refractivity contribution in [2.24, 2.45) is 5.92 Å². The van der Waals surface area contributed by atoms with Gasteiger partial charge in [-0.25, -0.2) is 0 Å². The van der Waals surface area contributed by atoms with Gasteiger partial charge in [0.05, 0.1) is 6.42 Å². The van der Waals surface area contributed by atoms with E-state index in [2.05, 4.69) is 15.9 Å². The van der Waals surface area contributed by atoms with Crippen LogP contribution in [0.15, 0.2) is 0 Å². The van der Waals surface area contributed by atoms with Crippen molar-refractivity contribution in [1.82, 2.24) is 0 Å². The number of carboxylic acids is 1. The second kappa shape index (κ2) is 3.88. The third-order valence-corrected chi connectivity index (χ3v) is 2.47. The summed E-state index contributed by atoms with van der Waals surface area (Å²) in [4.78, 5) is 10.2. The average Bonchev–Trinajstić information content (AvgIpc) is 1.63. The number of hydrogen-bond donors (Lipinski definition) is 1. The van der Waals surface area contributed by atoms with Crippen LogP contribution >= 0.6 is 15.9 Å². The zero-order valence-electron chi connectivity index (χ0n) is 5.60. The summed E-state index contributed by atoms with van der Waals surface area (Å²) in [5.74, 6) is -0.355. The molecule has 0 aliphatic heterocycles. The number of alkyl halides is 1. The molecular formula is C6H11BrO2. The second-order valence-electron chi connectivity index (χ2n) is 2.36. The molecule has 0 rings (SSSR count). The highest BCUT2D eigenvalue weighted by molar-refractivity contribution is 9.09. The number of rotatable bonds is 3. The first kappa shape index (κ1) is 8.95. The van der Waals surface area contributed by atoms with Crippen LogP contribution in [0.2, 0.25) is 0 Å². The van der Waals surface area contributed by atoms with E-state index in [1.807, 2.05) is 13.8 Å². The maximum atomic E-state index is 10.1. The van der Waals surface area contributed by atoms with Gasteiger partial charge in [-0.2, -0.15) is 0 Å². The van der Waals surface area contributed by atoms with Crippen LogP contribution in [0.25, 0.3) is 0 Å². The van der Waals surface area contributed by atoms with Gasteiger partial charge in [-0.15, -0.1) is 0 Å².